The van der Waals surface area contributed by atoms with Gasteiger partial charge in [-0.2, -0.15) is 0 Å². The fraction of sp³-hybridized carbons (Fsp3) is 0.526. The minimum atomic E-state index is 0.237. The minimum absolute atomic E-state index is 0.237. The van der Waals surface area contributed by atoms with Gasteiger partial charge in [-0.1, -0.05) is 37.1 Å². The van der Waals surface area contributed by atoms with Crippen molar-refractivity contribution >= 4 is 5.78 Å². The quantitative estimate of drug-likeness (QED) is 0.441. The van der Waals surface area contributed by atoms with Gasteiger partial charge in [0.1, 0.15) is 11.5 Å². The number of hydrogen-bond acceptors (Lipinski definition) is 2. The van der Waals surface area contributed by atoms with Gasteiger partial charge in [-0.05, 0) is 57.2 Å². The predicted octanol–water partition coefficient (Wildman–Crippen LogP) is 5.11. The van der Waals surface area contributed by atoms with Crippen molar-refractivity contribution < 1.29 is 9.53 Å². The minimum Gasteiger partial charge on any atom is -0.493 e. The van der Waals surface area contributed by atoms with Crippen LogP contribution in [0.5, 0.6) is 5.75 Å². The number of rotatable bonds is 10. The Kier molecular flexibility index (Phi) is 8.49. The molecule has 0 aliphatic carbocycles. The smallest absolute Gasteiger partial charge is 0.130 e. The molecular weight excluding hydrogens is 260 g/mol. The fourth-order valence-electron chi connectivity index (χ4n) is 2.11. The molecule has 0 bridgehead atoms. The molecule has 0 radical (unpaired) electrons. The number of unbranched alkanes of at least 4 members (excludes halogenated alkanes) is 1. The van der Waals surface area contributed by atoms with Crippen LogP contribution in [0.3, 0.4) is 0 Å². The molecule has 0 atom stereocenters. The van der Waals surface area contributed by atoms with E-state index in [0.717, 1.165) is 25.2 Å². The average Bonchev–Trinajstić information content (AvgIpc) is 2.48. The third-order valence-electron chi connectivity index (χ3n) is 3.49. The molecule has 0 aliphatic heterocycles. The van der Waals surface area contributed by atoms with Crippen LogP contribution in [0.25, 0.3) is 0 Å². The number of ether oxygens (including phenoxy) is 1. The maximum atomic E-state index is 10.9. The van der Waals surface area contributed by atoms with Crippen LogP contribution in [-0.2, 0) is 11.2 Å². The van der Waals surface area contributed by atoms with Crippen molar-refractivity contribution in [2.24, 2.45) is 0 Å². The molecule has 0 N–H and O–H groups in total. The van der Waals surface area contributed by atoms with Crippen molar-refractivity contribution in [3.8, 4) is 5.75 Å². The van der Waals surface area contributed by atoms with Crippen LogP contribution in [0.4, 0.5) is 0 Å². The summed E-state index contributed by atoms with van der Waals surface area (Å²) >= 11 is 0. The summed E-state index contributed by atoms with van der Waals surface area (Å²) < 4.78 is 5.73. The molecule has 0 saturated carbocycles. The van der Waals surface area contributed by atoms with Gasteiger partial charge in [0.2, 0.25) is 0 Å². The molecule has 0 fully saturated rings. The predicted molar refractivity (Wildman–Crippen MR) is 88.8 cm³/mol. The number of ketones is 1. The van der Waals surface area contributed by atoms with E-state index in [-0.39, 0.29) is 5.78 Å². The second kappa shape index (κ2) is 10.2. The third-order valence-corrected chi connectivity index (χ3v) is 3.49. The molecule has 2 heteroatoms. The number of allylic oxidation sites excluding steroid dienone is 1. The molecule has 0 amide bonds. The monoisotopic (exact) mass is 288 g/mol. The number of carbonyl (C=O) groups is 1. The number of hydrogen-bond donors (Lipinski definition) is 0. The molecule has 0 aromatic heterocycles. The summed E-state index contributed by atoms with van der Waals surface area (Å²) in [7, 11) is 0. The van der Waals surface area contributed by atoms with Crippen molar-refractivity contribution in [3.63, 3.8) is 0 Å². The third kappa shape index (κ3) is 8.34. The van der Waals surface area contributed by atoms with Crippen LogP contribution in [0.15, 0.2) is 35.9 Å². The highest BCUT2D eigenvalue weighted by Crippen LogP contribution is 2.14. The zero-order chi connectivity index (χ0) is 15.5. The lowest BCUT2D eigenvalue weighted by atomic mass is 10.1. The molecular formula is C19H28O2. The van der Waals surface area contributed by atoms with Gasteiger partial charge in [0.25, 0.3) is 0 Å². The van der Waals surface area contributed by atoms with Gasteiger partial charge in [0.05, 0.1) is 6.61 Å². The SMILES string of the molecule is CCCC/C(C)=C/CCOc1ccc(CCC(C)=O)cc1. The van der Waals surface area contributed by atoms with Crippen LogP contribution in [-0.4, -0.2) is 12.4 Å². The van der Waals surface area contributed by atoms with Gasteiger partial charge < -0.3 is 9.53 Å². The molecule has 1 rings (SSSR count). The lowest BCUT2D eigenvalue weighted by Gasteiger charge is -2.06. The Hall–Kier alpha value is -1.57. The second-order valence-electron chi connectivity index (χ2n) is 5.64. The van der Waals surface area contributed by atoms with Gasteiger partial charge in [-0.3, -0.25) is 0 Å². The maximum Gasteiger partial charge on any atom is 0.130 e. The zero-order valence-corrected chi connectivity index (χ0v) is 13.7. The van der Waals surface area contributed by atoms with E-state index < -0.39 is 0 Å². The van der Waals surface area contributed by atoms with E-state index in [2.05, 4.69) is 19.9 Å². The number of carbonyl (C=O) groups excluding carboxylic acids is 1. The van der Waals surface area contributed by atoms with Crippen LogP contribution >= 0.6 is 0 Å². The van der Waals surface area contributed by atoms with Crippen molar-refractivity contribution in [3.05, 3.63) is 41.5 Å². The largest absolute Gasteiger partial charge is 0.493 e. The topological polar surface area (TPSA) is 26.3 Å². The molecule has 0 spiro atoms. The summed E-state index contributed by atoms with van der Waals surface area (Å²) in [6.07, 6.45) is 8.37. The van der Waals surface area contributed by atoms with E-state index in [9.17, 15) is 4.79 Å². The standard InChI is InChI=1S/C19H28O2/c1-4-5-7-16(2)8-6-15-21-19-13-11-18(12-14-19)10-9-17(3)20/h8,11-14H,4-7,9-10,15H2,1-3H3/b16-8+. The van der Waals surface area contributed by atoms with Crippen LogP contribution < -0.4 is 4.74 Å². The first-order chi connectivity index (χ1) is 10.1. The lowest BCUT2D eigenvalue weighted by molar-refractivity contribution is -0.116. The molecule has 116 valence electrons. The van der Waals surface area contributed by atoms with Gasteiger partial charge >= 0.3 is 0 Å². The van der Waals surface area contributed by atoms with E-state index in [1.54, 1.807) is 6.92 Å². The van der Waals surface area contributed by atoms with Crippen molar-refractivity contribution in [1.82, 2.24) is 0 Å². The van der Waals surface area contributed by atoms with Crippen molar-refractivity contribution in [2.75, 3.05) is 6.61 Å². The first-order valence-corrected chi connectivity index (χ1v) is 7.98. The summed E-state index contributed by atoms with van der Waals surface area (Å²) in [6, 6.07) is 8.06. The Morgan fingerprint density at radius 2 is 1.86 bits per heavy atom. The summed E-state index contributed by atoms with van der Waals surface area (Å²) in [4.78, 5) is 10.9. The zero-order valence-electron chi connectivity index (χ0n) is 13.7. The summed E-state index contributed by atoms with van der Waals surface area (Å²) in [6.45, 7) is 6.76. The average molecular weight is 288 g/mol. The van der Waals surface area contributed by atoms with Gasteiger partial charge in [-0.25, -0.2) is 0 Å². The van der Waals surface area contributed by atoms with E-state index in [0.29, 0.717) is 6.42 Å². The number of Topliss-reactive ketones (excluding diaryl/α,β-unsaturated/α-hetero) is 1. The molecule has 0 unspecified atom stereocenters. The summed E-state index contributed by atoms with van der Waals surface area (Å²) in [5.74, 6) is 1.14. The Morgan fingerprint density at radius 3 is 2.48 bits per heavy atom. The fourth-order valence-corrected chi connectivity index (χ4v) is 2.11. The van der Waals surface area contributed by atoms with Gasteiger partial charge in [-0.15, -0.1) is 0 Å². The number of benzene rings is 1. The van der Waals surface area contributed by atoms with E-state index >= 15 is 0 Å². The Balaban J connectivity index is 2.28. The van der Waals surface area contributed by atoms with E-state index in [1.165, 1.54) is 30.4 Å². The first kappa shape index (κ1) is 17.5. The van der Waals surface area contributed by atoms with Crippen LogP contribution in [0.2, 0.25) is 0 Å². The Labute approximate surface area is 129 Å². The number of aryl methyl sites for hydroxylation is 1. The van der Waals surface area contributed by atoms with Gasteiger partial charge in [0, 0.05) is 6.42 Å². The second-order valence-corrected chi connectivity index (χ2v) is 5.64. The molecule has 2 nitrogen and oxygen atoms in total. The highest BCUT2D eigenvalue weighted by molar-refractivity contribution is 5.75. The highest BCUT2D eigenvalue weighted by atomic mass is 16.5. The molecule has 21 heavy (non-hydrogen) atoms. The van der Waals surface area contributed by atoms with E-state index in [1.807, 2.05) is 24.3 Å². The first-order valence-electron chi connectivity index (χ1n) is 7.98. The maximum absolute atomic E-state index is 10.9. The molecule has 1 aromatic rings. The van der Waals surface area contributed by atoms with Gasteiger partial charge in [0.15, 0.2) is 0 Å². The van der Waals surface area contributed by atoms with E-state index in [4.69, 9.17) is 4.74 Å². The summed E-state index contributed by atoms with van der Waals surface area (Å²) in [5.41, 5.74) is 2.65. The molecule has 0 aliphatic rings. The summed E-state index contributed by atoms with van der Waals surface area (Å²) in [5, 5.41) is 0. The normalized spacial score (nSPS) is 11.5. The molecule has 0 heterocycles. The Morgan fingerprint density at radius 1 is 1.14 bits per heavy atom. The van der Waals surface area contributed by atoms with Crippen LogP contribution in [0, 0.1) is 0 Å². The van der Waals surface area contributed by atoms with Crippen molar-refractivity contribution in [1.29, 1.82) is 0 Å². The molecule has 1 aromatic carbocycles. The van der Waals surface area contributed by atoms with Crippen molar-refractivity contribution in [2.45, 2.75) is 59.3 Å². The Bertz CT molecular complexity index is 443. The lowest BCUT2D eigenvalue weighted by Crippen LogP contribution is -1.97. The molecule has 0 saturated heterocycles. The van der Waals surface area contributed by atoms with Crippen LogP contribution in [0.1, 0.15) is 58.4 Å². The highest BCUT2D eigenvalue weighted by Gasteiger charge is 1.98.